The molecule has 0 heterocycles. The predicted molar refractivity (Wildman–Crippen MR) is 72.0 cm³/mol. The standard InChI is InChI=1S/C14H21F3N2O/c15-14(16,17)11-20-10-9-13(19-18)8-4-7-12-5-2-1-3-6-12/h1-3,5-6,13,19H,4,7-11,18H2. The van der Waals surface area contributed by atoms with E-state index >= 15 is 0 Å². The zero-order valence-electron chi connectivity index (χ0n) is 11.3. The van der Waals surface area contributed by atoms with Gasteiger partial charge in [-0.1, -0.05) is 30.3 Å². The van der Waals surface area contributed by atoms with E-state index in [1.165, 1.54) is 5.56 Å². The Morgan fingerprint density at radius 1 is 1.15 bits per heavy atom. The molecular weight excluding hydrogens is 269 g/mol. The number of hydrogen-bond donors (Lipinski definition) is 2. The van der Waals surface area contributed by atoms with Crippen LogP contribution in [0.15, 0.2) is 30.3 Å². The van der Waals surface area contributed by atoms with Gasteiger partial charge >= 0.3 is 6.18 Å². The number of aryl methyl sites for hydroxylation is 1. The average Bonchev–Trinajstić information content (AvgIpc) is 2.41. The number of nitrogens with two attached hydrogens (primary N) is 1. The SMILES string of the molecule is NNC(CCCc1ccccc1)CCOCC(F)(F)F. The third kappa shape index (κ3) is 8.14. The fourth-order valence-corrected chi connectivity index (χ4v) is 1.92. The van der Waals surface area contributed by atoms with E-state index in [0.29, 0.717) is 6.42 Å². The highest BCUT2D eigenvalue weighted by Gasteiger charge is 2.27. The summed E-state index contributed by atoms with van der Waals surface area (Å²) >= 11 is 0. The molecule has 0 saturated carbocycles. The first-order valence-corrected chi connectivity index (χ1v) is 6.66. The molecule has 1 rings (SSSR count). The lowest BCUT2D eigenvalue weighted by molar-refractivity contribution is -0.174. The Morgan fingerprint density at radius 3 is 2.45 bits per heavy atom. The Bertz CT molecular complexity index is 357. The van der Waals surface area contributed by atoms with Crippen LogP contribution >= 0.6 is 0 Å². The maximum atomic E-state index is 11.9. The van der Waals surface area contributed by atoms with E-state index in [1.54, 1.807) is 0 Å². The van der Waals surface area contributed by atoms with Crippen LogP contribution in [0.5, 0.6) is 0 Å². The highest BCUT2D eigenvalue weighted by Crippen LogP contribution is 2.15. The van der Waals surface area contributed by atoms with Crippen LogP contribution in [0.4, 0.5) is 13.2 Å². The van der Waals surface area contributed by atoms with Gasteiger partial charge in [0, 0.05) is 12.6 Å². The molecule has 0 bridgehead atoms. The Balaban J connectivity index is 2.13. The highest BCUT2D eigenvalue weighted by molar-refractivity contribution is 5.14. The Kier molecular flexibility index (Phi) is 7.58. The van der Waals surface area contributed by atoms with Gasteiger partial charge in [0.2, 0.25) is 0 Å². The Morgan fingerprint density at radius 2 is 1.85 bits per heavy atom. The summed E-state index contributed by atoms with van der Waals surface area (Å²) in [6.45, 7) is -1.14. The van der Waals surface area contributed by atoms with Crippen molar-refractivity contribution in [2.24, 2.45) is 5.84 Å². The van der Waals surface area contributed by atoms with Gasteiger partial charge < -0.3 is 4.74 Å². The van der Waals surface area contributed by atoms with Crippen molar-refractivity contribution in [2.45, 2.75) is 37.9 Å². The average molecular weight is 290 g/mol. The third-order valence-electron chi connectivity index (χ3n) is 2.97. The second-order valence-electron chi connectivity index (χ2n) is 4.70. The quantitative estimate of drug-likeness (QED) is 0.418. The van der Waals surface area contributed by atoms with E-state index in [1.807, 2.05) is 18.2 Å². The summed E-state index contributed by atoms with van der Waals surface area (Å²) in [5.74, 6) is 5.39. The summed E-state index contributed by atoms with van der Waals surface area (Å²) in [6.07, 6.45) is -1.12. The van der Waals surface area contributed by atoms with Gasteiger partial charge in [-0.15, -0.1) is 0 Å². The molecule has 0 fully saturated rings. The topological polar surface area (TPSA) is 47.3 Å². The molecule has 0 radical (unpaired) electrons. The zero-order valence-corrected chi connectivity index (χ0v) is 11.3. The van der Waals surface area contributed by atoms with Crippen molar-refractivity contribution in [1.82, 2.24) is 5.43 Å². The van der Waals surface area contributed by atoms with Crippen molar-refractivity contribution in [1.29, 1.82) is 0 Å². The number of ether oxygens (including phenoxy) is 1. The molecule has 0 spiro atoms. The normalized spacial score (nSPS) is 13.4. The summed E-state index contributed by atoms with van der Waals surface area (Å²) in [6, 6.07) is 10.0. The van der Waals surface area contributed by atoms with Gasteiger partial charge in [-0.25, -0.2) is 0 Å². The molecule has 0 aliphatic heterocycles. The largest absolute Gasteiger partial charge is 0.411 e. The number of hydrogen-bond acceptors (Lipinski definition) is 3. The summed E-state index contributed by atoms with van der Waals surface area (Å²) in [5, 5.41) is 0. The first-order valence-electron chi connectivity index (χ1n) is 6.66. The summed E-state index contributed by atoms with van der Waals surface area (Å²) in [5.41, 5.74) is 3.87. The van der Waals surface area contributed by atoms with Crippen LogP contribution in [0.25, 0.3) is 0 Å². The second kappa shape index (κ2) is 8.94. The molecule has 3 nitrogen and oxygen atoms in total. The number of rotatable bonds is 9. The van der Waals surface area contributed by atoms with Crippen LogP contribution in [0.1, 0.15) is 24.8 Å². The fraction of sp³-hybridized carbons (Fsp3) is 0.571. The molecule has 20 heavy (non-hydrogen) atoms. The Hall–Kier alpha value is -1.11. The molecule has 0 aromatic heterocycles. The molecule has 1 unspecified atom stereocenters. The number of hydrazine groups is 1. The van der Waals surface area contributed by atoms with E-state index in [4.69, 9.17) is 5.84 Å². The number of halogens is 3. The molecule has 1 atom stereocenters. The minimum Gasteiger partial charge on any atom is -0.372 e. The lowest BCUT2D eigenvalue weighted by Crippen LogP contribution is -2.36. The molecular formula is C14H21F3N2O. The van der Waals surface area contributed by atoms with Gasteiger partial charge in [0.05, 0.1) is 0 Å². The molecule has 0 aliphatic rings. The van der Waals surface area contributed by atoms with Gasteiger partial charge in [0.1, 0.15) is 6.61 Å². The molecule has 114 valence electrons. The van der Waals surface area contributed by atoms with Crippen LogP contribution in [0.2, 0.25) is 0 Å². The van der Waals surface area contributed by atoms with E-state index < -0.39 is 12.8 Å². The molecule has 0 saturated heterocycles. The number of benzene rings is 1. The summed E-state index contributed by atoms with van der Waals surface area (Å²) < 4.78 is 40.2. The molecule has 0 aliphatic carbocycles. The zero-order chi connectivity index (χ0) is 14.8. The molecule has 1 aromatic carbocycles. The van der Waals surface area contributed by atoms with Gasteiger partial charge in [0.25, 0.3) is 0 Å². The summed E-state index contributed by atoms with van der Waals surface area (Å²) in [7, 11) is 0. The lowest BCUT2D eigenvalue weighted by atomic mass is 10.0. The smallest absolute Gasteiger partial charge is 0.372 e. The van der Waals surface area contributed by atoms with Crippen molar-refractivity contribution >= 4 is 0 Å². The van der Waals surface area contributed by atoms with Gasteiger partial charge in [-0.3, -0.25) is 11.3 Å². The van der Waals surface area contributed by atoms with Crippen molar-refractivity contribution in [3.63, 3.8) is 0 Å². The van der Waals surface area contributed by atoms with E-state index in [-0.39, 0.29) is 12.6 Å². The first kappa shape index (κ1) is 16.9. The van der Waals surface area contributed by atoms with Crippen molar-refractivity contribution in [3.05, 3.63) is 35.9 Å². The van der Waals surface area contributed by atoms with Crippen molar-refractivity contribution in [3.8, 4) is 0 Å². The van der Waals surface area contributed by atoms with Gasteiger partial charge in [-0.2, -0.15) is 13.2 Å². The van der Waals surface area contributed by atoms with Crippen molar-refractivity contribution < 1.29 is 17.9 Å². The molecule has 6 heteroatoms. The predicted octanol–water partition coefficient (Wildman–Crippen LogP) is 2.81. The number of alkyl halides is 3. The Labute approximate surface area is 117 Å². The van der Waals surface area contributed by atoms with Crippen molar-refractivity contribution in [2.75, 3.05) is 13.2 Å². The highest BCUT2D eigenvalue weighted by atomic mass is 19.4. The van der Waals surface area contributed by atoms with Gasteiger partial charge in [0.15, 0.2) is 0 Å². The monoisotopic (exact) mass is 290 g/mol. The molecule has 1 aromatic rings. The summed E-state index contributed by atoms with van der Waals surface area (Å²) in [4.78, 5) is 0. The van der Waals surface area contributed by atoms with Crippen LogP contribution in [0, 0.1) is 0 Å². The lowest BCUT2D eigenvalue weighted by Gasteiger charge is -2.16. The third-order valence-corrected chi connectivity index (χ3v) is 2.97. The second-order valence-corrected chi connectivity index (χ2v) is 4.70. The maximum Gasteiger partial charge on any atom is 0.411 e. The number of nitrogens with one attached hydrogen (secondary N) is 1. The van der Waals surface area contributed by atoms with Crippen LogP contribution in [-0.2, 0) is 11.2 Å². The minimum atomic E-state index is -4.26. The molecule has 0 amide bonds. The van der Waals surface area contributed by atoms with E-state index in [0.717, 1.165) is 19.3 Å². The van der Waals surface area contributed by atoms with Crippen LogP contribution in [0.3, 0.4) is 0 Å². The maximum absolute atomic E-state index is 11.9. The van der Waals surface area contributed by atoms with Crippen LogP contribution < -0.4 is 11.3 Å². The fourth-order valence-electron chi connectivity index (χ4n) is 1.92. The van der Waals surface area contributed by atoms with E-state index in [9.17, 15) is 13.2 Å². The minimum absolute atomic E-state index is 0.0213. The molecule has 3 N–H and O–H groups in total. The van der Waals surface area contributed by atoms with Gasteiger partial charge in [-0.05, 0) is 31.2 Å². The first-order chi connectivity index (χ1) is 9.51. The van der Waals surface area contributed by atoms with E-state index in [2.05, 4.69) is 22.3 Å². The van der Waals surface area contributed by atoms with Crippen LogP contribution in [-0.4, -0.2) is 25.4 Å².